The number of primary amides is 1. The van der Waals surface area contributed by atoms with Crippen LogP contribution in [0, 0.1) is 0 Å². The van der Waals surface area contributed by atoms with Crippen LogP contribution in [0.15, 0.2) is 24.3 Å². The Hall–Kier alpha value is -3.75. The Kier molecular flexibility index (Phi) is 10.7. The largest absolute Gasteiger partial charge is 0.508 e. The van der Waals surface area contributed by atoms with Gasteiger partial charge in [0.25, 0.3) is 0 Å². The number of phenolic OH excluding ortho intramolecular Hbond substituents is 1. The van der Waals surface area contributed by atoms with Crippen LogP contribution in [0.2, 0.25) is 0 Å². The van der Waals surface area contributed by atoms with Crippen molar-refractivity contribution in [1.29, 1.82) is 0 Å². The smallest absolute Gasteiger partial charge is 0.328 e. The van der Waals surface area contributed by atoms with Gasteiger partial charge in [0.2, 0.25) is 23.6 Å². The van der Waals surface area contributed by atoms with E-state index in [4.69, 9.17) is 21.7 Å². The second kappa shape index (κ2) is 12.9. The molecule has 1 aromatic carbocycles. The number of hydrogen-bond acceptors (Lipinski definition) is 9. The number of aliphatic hydroxyl groups is 2. The van der Waals surface area contributed by atoms with Crippen LogP contribution in [0.1, 0.15) is 12.0 Å². The standard InChI is InChI=1S/C19H27N5O9/c20-11(5-9-1-3-10(27)4-2-9)16(29)23-13(7-25)18(31)22-12(6-15(21)28)17(30)24-14(8-26)19(32)33/h1-4,11-14,25-27H,5-8,20H2,(H2,21,28)(H,22,31)(H,23,29)(H,24,30)(H,32,33). The maximum Gasteiger partial charge on any atom is 0.328 e. The third-order valence-corrected chi connectivity index (χ3v) is 4.38. The number of carboxylic acids is 1. The number of rotatable bonds is 13. The first kappa shape index (κ1) is 27.3. The van der Waals surface area contributed by atoms with Gasteiger partial charge >= 0.3 is 5.97 Å². The molecule has 0 fully saturated rings. The van der Waals surface area contributed by atoms with E-state index in [1.165, 1.54) is 12.1 Å². The molecule has 0 aliphatic heterocycles. The highest BCUT2D eigenvalue weighted by Gasteiger charge is 2.30. The number of aliphatic carboxylic acids is 1. The summed E-state index contributed by atoms with van der Waals surface area (Å²) in [5.74, 6) is -5.54. The normalized spacial score (nSPS) is 14.3. The lowest BCUT2D eigenvalue weighted by atomic mass is 10.1. The molecular formula is C19H27N5O9. The predicted molar refractivity (Wildman–Crippen MR) is 111 cm³/mol. The van der Waals surface area contributed by atoms with Gasteiger partial charge in [0.15, 0.2) is 0 Å². The maximum absolute atomic E-state index is 12.5. The molecule has 1 aromatic rings. The first-order valence-electron chi connectivity index (χ1n) is 9.65. The summed E-state index contributed by atoms with van der Waals surface area (Å²) < 4.78 is 0. The molecule has 4 atom stereocenters. The van der Waals surface area contributed by atoms with Crippen molar-refractivity contribution in [2.24, 2.45) is 11.5 Å². The number of benzene rings is 1. The van der Waals surface area contributed by atoms with Crippen LogP contribution in [-0.4, -0.2) is 87.4 Å². The number of carboxylic acid groups (broad SMARTS) is 1. The summed E-state index contributed by atoms with van der Waals surface area (Å²) in [5.41, 5.74) is 11.5. The minimum absolute atomic E-state index is 0.0250. The monoisotopic (exact) mass is 469 g/mol. The summed E-state index contributed by atoms with van der Waals surface area (Å²) in [4.78, 5) is 59.3. The van der Waals surface area contributed by atoms with E-state index in [0.29, 0.717) is 5.56 Å². The molecule has 0 aromatic heterocycles. The Morgan fingerprint density at radius 1 is 0.818 bits per heavy atom. The topological polar surface area (TPSA) is 254 Å². The lowest BCUT2D eigenvalue weighted by Crippen LogP contribution is -2.59. The molecule has 0 aliphatic rings. The maximum atomic E-state index is 12.5. The molecule has 11 N–H and O–H groups in total. The fraction of sp³-hybridized carbons (Fsp3) is 0.421. The quantitative estimate of drug-likeness (QED) is 0.134. The Balaban J connectivity index is 2.81. The summed E-state index contributed by atoms with van der Waals surface area (Å²) in [7, 11) is 0. The van der Waals surface area contributed by atoms with Crippen molar-refractivity contribution in [2.45, 2.75) is 37.0 Å². The minimum atomic E-state index is -1.70. The summed E-state index contributed by atoms with van der Waals surface area (Å²) in [5, 5.41) is 42.9. The zero-order valence-corrected chi connectivity index (χ0v) is 17.4. The van der Waals surface area contributed by atoms with Gasteiger partial charge in [-0.3, -0.25) is 19.2 Å². The Morgan fingerprint density at radius 2 is 1.30 bits per heavy atom. The second-order valence-corrected chi connectivity index (χ2v) is 7.03. The van der Waals surface area contributed by atoms with E-state index in [1.54, 1.807) is 12.1 Å². The SMILES string of the molecule is NC(=O)CC(NC(=O)C(CO)NC(=O)C(N)Cc1ccc(O)cc1)C(=O)NC(CO)C(=O)O. The van der Waals surface area contributed by atoms with E-state index >= 15 is 0 Å². The van der Waals surface area contributed by atoms with Crippen LogP contribution in [-0.2, 0) is 30.4 Å². The molecule has 4 amide bonds. The zero-order valence-electron chi connectivity index (χ0n) is 17.4. The number of aliphatic hydroxyl groups excluding tert-OH is 2. The summed E-state index contributed by atoms with van der Waals surface area (Å²) in [6.45, 7) is -1.84. The van der Waals surface area contributed by atoms with E-state index in [-0.39, 0.29) is 12.2 Å². The number of nitrogens with one attached hydrogen (secondary N) is 3. The average Bonchev–Trinajstić information content (AvgIpc) is 2.75. The molecule has 0 radical (unpaired) electrons. The predicted octanol–water partition coefficient (Wildman–Crippen LogP) is -4.34. The van der Waals surface area contributed by atoms with Crippen LogP contribution < -0.4 is 27.4 Å². The van der Waals surface area contributed by atoms with Gasteiger partial charge < -0.3 is 47.8 Å². The van der Waals surface area contributed by atoms with Gasteiger partial charge in [0.05, 0.1) is 25.7 Å². The molecule has 0 bridgehead atoms. The zero-order chi connectivity index (χ0) is 25.1. The van der Waals surface area contributed by atoms with Crippen LogP contribution in [0.25, 0.3) is 0 Å². The highest BCUT2D eigenvalue weighted by molar-refractivity contribution is 5.96. The lowest BCUT2D eigenvalue weighted by molar-refractivity contribution is -0.143. The fourth-order valence-electron chi connectivity index (χ4n) is 2.59. The number of carbonyl (C=O) groups is 5. The summed E-state index contributed by atoms with van der Waals surface area (Å²) in [6, 6.07) is -0.123. The molecule has 33 heavy (non-hydrogen) atoms. The van der Waals surface area contributed by atoms with Crippen molar-refractivity contribution in [3.63, 3.8) is 0 Å². The molecule has 0 heterocycles. The van der Waals surface area contributed by atoms with E-state index < -0.39 is 73.4 Å². The number of phenols is 1. The Labute approximate surface area is 187 Å². The third kappa shape index (κ3) is 9.10. The average molecular weight is 469 g/mol. The van der Waals surface area contributed by atoms with Gasteiger partial charge in [0, 0.05) is 0 Å². The first-order valence-corrected chi connectivity index (χ1v) is 9.65. The molecule has 14 nitrogen and oxygen atoms in total. The number of carbonyl (C=O) groups excluding carboxylic acids is 4. The summed E-state index contributed by atoms with van der Waals surface area (Å²) in [6.07, 6.45) is -0.669. The van der Waals surface area contributed by atoms with E-state index in [2.05, 4.69) is 10.6 Å². The molecule has 0 spiro atoms. The van der Waals surface area contributed by atoms with Crippen molar-refractivity contribution >= 4 is 29.6 Å². The number of amides is 4. The van der Waals surface area contributed by atoms with Crippen molar-refractivity contribution in [3.05, 3.63) is 29.8 Å². The summed E-state index contributed by atoms with van der Waals surface area (Å²) >= 11 is 0. The number of hydrogen-bond donors (Lipinski definition) is 9. The van der Waals surface area contributed by atoms with E-state index in [0.717, 1.165) is 0 Å². The highest BCUT2D eigenvalue weighted by atomic mass is 16.4. The van der Waals surface area contributed by atoms with Gasteiger partial charge in [-0.25, -0.2) is 4.79 Å². The molecule has 4 unspecified atom stereocenters. The van der Waals surface area contributed by atoms with Crippen molar-refractivity contribution in [3.8, 4) is 5.75 Å². The van der Waals surface area contributed by atoms with Crippen LogP contribution in [0.3, 0.4) is 0 Å². The minimum Gasteiger partial charge on any atom is -0.508 e. The molecule has 0 saturated carbocycles. The van der Waals surface area contributed by atoms with Crippen LogP contribution in [0.4, 0.5) is 0 Å². The number of nitrogens with two attached hydrogens (primary N) is 2. The molecule has 14 heteroatoms. The van der Waals surface area contributed by atoms with Crippen molar-refractivity contribution in [2.75, 3.05) is 13.2 Å². The second-order valence-electron chi connectivity index (χ2n) is 7.03. The van der Waals surface area contributed by atoms with Crippen LogP contribution in [0.5, 0.6) is 5.75 Å². The molecule has 1 rings (SSSR count). The van der Waals surface area contributed by atoms with Gasteiger partial charge in [-0.1, -0.05) is 12.1 Å². The molecule has 0 saturated heterocycles. The highest BCUT2D eigenvalue weighted by Crippen LogP contribution is 2.11. The van der Waals surface area contributed by atoms with Gasteiger partial charge in [-0.05, 0) is 24.1 Å². The Bertz CT molecular complexity index is 862. The molecule has 0 aliphatic carbocycles. The van der Waals surface area contributed by atoms with Crippen LogP contribution >= 0.6 is 0 Å². The van der Waals surface area contributed by atoms with Crippen molar-refractivity contribution < 1.29 is 44.4 Å². The molecular weight excluding hydrogens is 442 g/mol. The first-order chi connectivity index (χ1) is 15.5. The lowest BCUT2D eigenvalue weighted by Gasteiger charge is -2.23. The number of aromatic hydroxyl groups is 1. The van der Waals surface area contributed by atoms with Gasteiger partial charge in [0.1, 0.15) is 23.9 Å². The fourth-order valence-corrected chi connectivity index (χ4v) is 2.59. The van der Waals surface area contributed by atoms with E-state index in [9.17, 15) is 34.2 Å². The molecule has 182 valence electrons. The van der Waals surface area contributed by atoms with Gasteiger partial charge in [-0.15, -0.1) is 0 Å². The third-order valence-electron chi connectivity index (χ3n) is 4.38. The van der Waals surface area contributed by atoms with Crippen molar-refractivity contribution in [1.82, 2.24) is 16.0 Å². The van der Waals surface area contributed by atoms with E-state index in [1.807, 2.05) is 5.32 Å². The van der Waals surface area contributed by atoms with Gasteiger partial charge in [-0.2, -0.15) is 0 Å². The Morgan fingerprint density at radius 3 is 1.79 bits per heavy atom.